The lowest BCUT2D eigenvalue weighted by molar-refractivity contribution is 0.0791. The van der Waals surface area contributed by atoms with Gasteiger partial charge in [-0.3, -0.25) is 4.31 Å². The number of hydrogen-bond donors (Lipinski definition) is 0. The summed E-state index contributed by atoms with van der Waals surface area (Å²) in [7, 11) is -3.43. The number of hydrogen-bond acceptors (Lipinski definition) is 4. The molecule has 0 atom stereocenters. The second kappa shape index (κ2) is 7.51. The molecule has 0 N–H and O–H groups in total. The Balaban J connectivity index is 1.31. The second-order valence-corrected chi connectivity index (χ2v) is 10.9. The normalized spacial score (nSPS) is 20.0. The Morgan fingerprint density at radius 2 is 1.81 bits per heavy atom. The molecule has 8 heteroatoms. The Labute approximate surface area is 181 Å². The summed E-state index contributed by atoms with van der Waals surface area (Å²) in [5, 5.41) is -0.325. The third-order valence-electron chi connectivity index (χ3n) is 6.68. The predicted octanol–water partition coefficient (Wildman–Crippen LogP) is 3.81. The number of carbonyl (C=O) groups is 1. The zero-order valence-corrected chi connectivity index (χ0v) is 18.0. The minimum Gasteiger partial charge on any atom is -0.445 e. The van der Waals surface area contributed by atoms with Crippen LogP contribution in [0.2, 0.25) is 0 Å². The van der Waals surface area contributed by atoms with Crippen LogP contribution in [0.1, 0.15) is 36.8 Å². The highest BCUT2D eigenvalue weighted by atomic mass is 32.2. The average molecular weight is 445 g/mol. The minimum absolute atomic E-state index is 0.211. The third-order valence-corrected chi connectivity index (χ3v) is 8.94. The number of rotatable bonds is 4. The van der Waals surface area contributed by atoms with E-state index in [1.807, 2.05) is 30.3 Å². The number of amides is 1. The van der Waals surface area contributed by atoms with Crippen molar-refractivity contribution < 1.29 is 22.3 Å². The Kier molecular flexibility index (Phi) is 4.92. The largest absolute Gasteiger partial charge is 0.445 e. The van der Waals surface area contributed by atoms with Crippen LogP contribution in [-0.4, -0.2) is 44.3 Å². The quantitative estimate of drug-likeness (QED) is 0.719. The third kappa shape index (κ3) is 3.67. The molecule has 164 valence electrons. The van der Waals surface area contributed by atoms with E-state index in [1.165, 1.54) is 16.4 Å². The molecule has 0 aromatic heterocycles. The van der Waals surface area contributed by atoms with Crippen LogP contribution in [0.15, 0.2) is 48.5 Å². The number of anilines is 1. The first-order valence-corrected chi connectivity index (χ1v) is 12.2. The smallest absolute Gasteiger partial charge is 0.410 e. The van der Waals surface area contributed by atoms with Gasteiger partial charge in [-0.15, -0.1) is 0 Å². The average Bonchev–Trinajstić information content (AvgIpc) is 3.59. The number of halogens is 1. The van der Waals surface area contributed by atoms with Crippen molar-refractivity contribution in [2.45, 2.75) is 43.0 Å². The number of benzene rings is 2. The van der Waals surface area contributed by atoms with E-state index in [0.29, 0.717) is 51.0 Å². The lowest BCUT2D eigenvalue weighted by atomic mass is 9.74. The lowest BCUT2D eigenvalue weighted by Gasteiger charge is -2.39. The molecule has 0 radical (unpaired) electrons. The molecule has 2 aliphatic heterocycles. The molecule has 1 spiro atoms. The van der Waals surface area contributed by atoms with Crippen molar-refractivity contribution in [3.05, 3.63) is 65.5 Å². The molecule has 6 nitrogen and oxygen atoms in total. The Hall–Kier alpha value is -2.61. The van der Waals surface area contributed by atoms with Gasteiger partial charge >= 0.3 is 6.09 Å². The summed E-state index contributed by atoms with van der Waals surface area (Å²) >= 11 is 0. The van der Waals surface area contributed by atoms with E-state index in [0.717, 1.165) is 11.1 Å². The zero-order valence-electron chi connectivity index (χ0n) is 17.2. The van der Waals surface area contributed by atoms with Gasteiger partial charge in [-0.25, -0.2) is 17.6 Å². The van der Waals surface area contributed by atoms with Crippen LogP contribution >= 0.6 is 0 Å². The Morgan fingerprint density at radius 3 is 2.48 bits per heavy atom. The van der Waals surface area contributed by atoms with Gasteiger partial charge in [-0.05, 0) is 55.0 Å². The SMILES string of the molecule is O=C(OCc1ccccc1)N1CCC2(CC1)CN(S(=O)(=O)C1CC1)c1ccc(F)cc12. The molecule has 1 saturated heterocycles. The van der Waals surface area contributed by atoms with Crippen molar-refractivity contribution in [2.75, 3.05) is 23.9 Å². The van der Waals surface area contributed by atoms with Crippen molar-refractivity contribution in [3.63, 3.8) is 0 Å². The summed E-state index contributed by atoms with van der Waals surface area (Å²) in [6.07, 6.45) is 2.13. The fraction of sp³-hybridized carbons (Fsp3) is 0.435. The topological polar surface area (TPSA) is 66.9 Å². The van der Waals surface area contributed by atoms with Crippen LogP contribution in [0.4, 0.5) is 14.9 Å². The van der Waals surface area contributed by atoms with Gasteiger partial charge in [0.2, 0.25) is 10.0 Å². The summed E-state index contributed by atoms with van der Waals surface area (Å²) in [6, 6.07) is 13.9. The summed E-state index contributed by atoms with van der Waals surface area (Å²) in [5.74, 6) is -0.367. The fourth-order valence-electron chi connectivity index (χ4n) is 4.72. The highest BCUT2D eigenvalue weighted by Gasteiger charge is 2.51. The van der Waals surface area contributed by atoms with E-state index in [4.69, 9.17) is 4.74 Å². The first kappa shape index (κ1) is 20.3. The van der Waals surface area contributed by atoms with Crippen molar-refractivity contribution in [1.29, 1.82) is 0 Å². The molecular formula is C23H25FN2O4S. The Morgan fingerprint density at radius 1 is 1.10 bits per heavy atom. The zero-order chi connectivity index (χ0) is 21.6. The van der Waals surface area contributed by atoms with Crippen molar-refractivity contribution in [2.24, 2.45) is 0 Å². The molecule has 3 aliphatic rings. The molecule has 2 aromatic carbocycles. The maximum absolute atomic E-state index is 14.1. The van der Waals surface area contributed by atoms with E-state index in [2.05, 4.69) is 0 Å². The minimum atomic E-state index is -3.43. The van der Waals surface area contributed by atoms with Gasteiger partial charge in [0.05, 0.1) is 10.9 Å². The van der Waals surface area contributed by atoms with E-state index in [-0.39, 0.29) is 23.8 Å². The number of fused-ring (bicyclic) bond motifs is 2. The molecule has 31 heavy (non-hydrogen) atoms. The van der Waals surface area contributed by atoms with Crippen molar-refractivity contribution in [3.8, 4) is 0 Å². The van der Waals surface area contributed by atoms with Crippen LogP contribution in [0.3, 0.4) is 0 Å². The van der Waals surface area contributed by atoms with E-state index >= 15 is 0 Å². The number of likely N-dealkylation sites (tertiary alicyclic amines) is 1. The highest BCUT2D eigenvalue weighted by molar-refractivity contribution is 7.93. The molecule has 0 unspecified atom stereocenters. The molecule has 0 bridgehead atoms. The molecule has 1 saturated carbocycles. The monoisotopic (exact) mass is 444 g/mol. The first-order valence-electron chi connectivity index (χ1n) is 10.7. The molecule has 2 fully saturated rings. The summed E-state index contributed by atoms with van der Waals surface area (Å²) in [5.41, 5.74) is 1.78. The number of piperidine rings is 1. The number of nitrogens with zero attached hydrogens (tertiary/aromatic N) is 2. The summed E-state index contributed by atoms with van der Waals surface area (Å²) in [6.45, 7) is 1.42. The molecule has 1 aliphatic carbocycles. The van der Waals surface area contributed by atoms with Gasteiger partial charge in [0.15, 0.2) is 0 Å². The van der Waals surface area contributed by atoms with Gasteiger partial charge in [-0.1, -0.05) is 30.3 Å². The highest BCUT2D eigenvalue weighted by Crippen LogP contribution is 2.50. The van der Waals surface area contributed by atoms with Crippen molar-refractivity contribution in [1.82, 2.24) is 4.90 Å². The van der Waals surface area contributed by atoms with Gasteiger partial charge < -0.3 is 9.64 Å². The van der Waals surface area contributed by atoms with Crippen LogP contribution < -0.4 is 4.31 Å². The number of sulfonamides is 1. The van der Waals surface area contributed by atoms with Crippen LogP contribution in [0.5, 0.6) is 0 Å². The van der Waals surface area contributed by atoms with Crippen LogP contribution in [0.25, 0.3) is 0 Å². The Bertz CT molecular complexity index is 1090. The number of ether oxygens (including phenoxy) is 1. The van der Waals surface area contributed by atoms with Crippen LogP contribution in [-0.2, 0) is 26.8 Å². The lowest BCUT2D eigenvalue weighted by Crippen LogP contribution is -2.48. The van der Waals surface area contributed by atoms with Gasteiger partial charge in [-0.2, -0.15) is 0 Å². The molecule has 2 aromatic rings. The maximum Gasteiger partial charge on any atom is 0.410 e. The standard InChI is InChI=1S/C23H25FN2O4S/c24-18-6-9-21-20(14-18)23(16-26(21)31(28,29)19-7-8-19)10-12-25(13-11-23)22(27)30-15-17-4-2-1-3-5-17/h1-6,9,14,19H,7-8,10-13,15-16H2. The molecular weight excluding hydrogens is 419 g/mol. The van der Waals surface area contributed by atoms with Gasteiger partial charge in [0, 0.05) is 25.0 Å². The molecule has 2 heterocycles. The van der Waals surface area contributed by atoms with Crippen molar-refractivity contribution >= 4 is 21.8 Å². The molecule has 5 rings (SSSR count). The first-order chi connectivity index (χ1) is 14.9. The second-order valence-electron chi connectivity index (χ2n) is 8.72. The van der Waals surface area contributed by atoms with Crippen LogP contribution in [0, 0.1) is 5.82 Å². The summed E-state index contributed by atoms with van der Waals surface area (Å²) in [4.78, 5) is 14.2. The summed E-state index contributed by atoms with van der Waals surface area (Å²) < 4.78 is 47.1. The van der Waals surface area contributed by atoms with E-state index in [9.17, 15) is 17.6 Å². The van der Waals surface area contributed by atoms with E-state index < -0.39 is 15.4 Å². The van der Waals surface area contributed by atoms with E-state index in [1.54, 1.807) is 11.0 Å². The maximum atomic E-state index is 14.1. The molecule has 1 amide bonds. The van der Waals surface area contributed by atoms with Gasteiger partial charge in [0.1, 0.15) is 12.4 Å². The van der Waals surface area contributed by atoms with Gasteiger partial charge in [0.25, 0.3) is 0 Å². The predicted molar refractivity (Wildman–Crippen MR) is 115 cm³/mol. The number of carbonyl (C=O) groups excluding carboxylic acids is 1. The fourth-order valence-corrected chi connectivity index (χ4v) is 6.68.